The molecule has 34 heavy (non-hydrogen) atoms. The van der Waals surface area contributed by atoms with E-state index in [-0.39, 0.29) is 29.2 Å². The second-order valence-electron chi connectivity index (χ2n) is 11.1. The Hall–Kier alpha value is -2.00. The van der Waals surface area contributed by atoms with E-state index in [2.05, 4.69) is 20.0 Å². The van der Waals surface area contributed by atoms with E-state index in [1.807, 2.05) is 18.7 Å². The quantitative estimate of drug-likeness (QED) is 0.649. The van der Waals surface area contributed by atoms with Crippen LogP contribution in [0.4, 0.5) is 0 Å². The van der Waals surface area contributed by atoms with Gasteiger partial charge in [0.2, 0.25) is 23.6 Å². The second kappa shape index (κ2) is 9.93. The van der Waals surface area contributed by atoms with Gasteiger partial charge in [0.1, 0.15) is 0 Å². The molecule has 1 aromatic rings. The SMILES string of the molecule is CC(C)c1nnc(C2CC3(CCN(C(=O)C4CCOCC4)CC3)CN2CC(=O)N2CCCC2)o1. The molecule has 0 N–H and O–H groups in total. The van der Waals surface area contributed by atoms with Gasteiger partial charge in [0.25, 0.3) is 0 Å². The molecule has 9 heteroatoms. The molecule has 5 heterocycles. The van der Waals surface area contributed by atoms with Crippen LogP contribution in [-0.4, -0.2) is 89.2 Å². The number of carbonyl (C=O) groups is 2. The third kappa shape index (κ3) is 4.87. The van der Waals surface area contributed by atoms with E-state index >= 15 is 0 Å². The maximum absolute atomic E-state index is 13.0. The fourth-order valence-corrected chi connectivity index (χ4v) is 6.18. The highest BCUT2D eigenvalue weighted by Crippen LogP contribution is 2.49. The predicted octanol–water partition coefficient (Wildman–Crippen LogP) is 2.60. The van der Waals surface area contributed by atoms with E-state index in [0.29, 0.717) is 37.4 Å². The van der Waals surface area contributed by atoms with Gasteiger partial charge in [-0.3, -0.25) is 14.5 Å². The van der Waals surface area contributed by atoms with E-state index in [4.69, 9.17) is 9.15 Å². The van der Waals surface area contributed by atoms with Crippen molar-refractivity contribution >= 4 is 11.8 Å². The van der Waals surface area contributed by atoms with E-state index in [1.165, 1.54) is 0 Å². The summed E-state index contributed by atoms with van der Waals surface area (Å²) < 4.78 is 11.5. The van der Waals surface area contributed by atoms with Crippen LogP contribution in [0.5, 0.6) is 0 Å². The predicted molar refractivity (Wildman–Crippen MR) is 125 cm³/mol. The molecule has 9 nitrogen and oxygen atoms in total. The molecule has 1 atom stereocenters. The molecule has 4 saturated heterocycles. The monoisotopic (exact) mass is 473 g/mol. The van der Waals surface area contributed by atoms with Crippen LogP contribution in [0.2, 0.25) is 0 Å². The molecule has 1 aromatic heterocycles. The Labute approximate surface area is 202 Å². The zero-order valence-corrected chi connectivity index (χ0v) is 20.7. The third-order valence-corrected chi connectivity index (χ3v) is 8.34. The van der Waals surface area contributed by atoms with Gasteiger partial charge in [-0.25, -0.2) is 0 Å². The van der Waals surface area contributed by atoms with Crippen LogP contribution in [0, 0.1) is 11.3 Å². The van der Waals surface area contributed by atoms with Crippen molar-refractivity contribution in [2.45, 2.75) is 70.8 Å². The van der Waals surface area contributed by atoms with Gasteiger partial charge < -0.3 is 19.0 Å². The van der Waals surface area contributed by atoms with Gasteiger partial charge in [0.15, 0.2) is 0 Å². The summed E-state index contributed by atoms with van der Waals surface area (Å²) in [4.78, 5) is 32.4. The van der Waals surface area contributed by atoms with Gasteiger partial charge in [0.05, 0.1) is 12.6 Å². The highest BCUT2D eigenvalue weighted by molar-refractivity contribution is 5.79. The van der Waals surface area contributed by atoms with Crippen LogP contribution in [0.15, 0.2) is 4.42 Å². The molecule has 4 aliphatic heterocycles. The van der Waals surface area contributed by atoms with Gasteiger partial charge >= 0.3 is 0 Å². The summed E-state index contributed by atoms with van der Waals surface area (Å²) in [6.07, 6.45) is 6.68. The zero-order valence-electron chi connectivity index (χ0n) is 20.7. The van der Waals surface area contributed by atoms with E-state index in [9.17, 15) is 9.59 Å². The van der Waals surface area contributed by atoms with Gasteiger partial charge in [-0.2, -0.15) is 0 Å². The first-order valence-corrected chi connectivity index (χ1v) is 13.2. The Balaban J connectivity index is 1.28. The number of carbonyl (C=O) groups excluding carboxylic acids is 2. The Morgan fingerprint density at radius 3 is 2.38 bits per heavy atom. The molecule has 5 rings (SSSR count). The maximum atomic E-state index is 13.0. The molecule has 0 bridgehead atoms. The molecule has 2 amide bonds. The molecule has 4 aliphatic rings. The highest BCUT2D eigenvalue weighted by atomic mass is 16.5. The summed E-state index contributed by atoms with van der Waals surface area (Å²) in [6, 6.07) is -0.0377. The minimum atomic E-state index is -0.0377. The Bertz CT molecular complexity index is 866. The fraction of sp³-hybridized carbons (Fsp3) is 0.840. The van der Waals surface area contributed by atoms with Crippen molar-refractivity contribution in [3.8, 4) is 0 Å². The number of rotatable bonds is 5. The molecule has 188 valence electrons. The van der Waals surface area contributed by atoms with Crippen LogP contribution in [0.25, 0.3) is 0 Å². The molecular weight excluding hydrogens is 434 g/mol. The Morgan fingerprint density at radius 2 is 1.74 bits per heavy atom. The summed E-state index contributed by atoms with van der Waals surface area (Å²) in [5.41, 5.74) is 0.0782. The van der Waals surface area contributed by atoms with Crippen LogP contribution >= 0.6 is 0 Å². The van der Waals surface area contributed by atoms with Gasteiger partial charge in [-0.15, -0.1) is 10.2 Å². The lowest BCUT2D eigenvalue weighted by molar-refractivity contribution is -0.140. The maximum Gasteiger partial charge on any atom is 0.236 e. The minimum Gasteiger partial charge on any atom is -0.423 e. The van der Waals surface area contributed by atoms with Crippen molar-refractivity contribution < 1.29 is 18.7 Å². The number of hydrogen-bond acceptors (Lipinski definition) is 7. The summed E-state index contributed by atoms with van der Waals surface area (Å²) >= 11 is 0. The first kappa shape index (κ1) is 23.7. The molecule has 0 radical (unpaired) electrons. The molecule has 1 spiro atoms. The average molecular weight is 474 g/mol. The Kier molecular flexibility index (Phi) is 6.93. The summed E-state index contributed by atoms with van der Waals surface area (Å²) in [7, 11) is 0. The lowest BCUT2D eigenvalue weighted by Crippen LogP contribution is -2.47. The van der Waals surface area contributed by atoms with Gasteiger partial charge in [-0.05, 0) is 50.4 Å². The first-order valence-electron chi connectivity index (χ1n) is 13.2. The summed E-state index contributed by atoms with van der Waals surface area (Å²) in [5.74, 6) is 2.08. The number of hydrogen-bond donors (Lipinski definition) is 0. The molecule has 1 unspecified atom stereocenters. The number of aromatic nitrogens is 2. The highest BCUT2D eigenvalue weighted by Gasteiger charge is 2.49. The molecule has 0 aromatic carbocycles. The lowest BCUT2D eigenvalue weighted by atomic mass is 9.76. The molecule has 4 fully saturated rings. The third-order valence-electron chi connectivity index (χ3n) is 8.34. The van der Waals surface area contributed by atoms with E-state index in [1.54, 1.807) is 0 Å². The van der Waals surface area contributed by atoms with Gasteiger partial charge in [0, 0.05) is 57.8 Å². The molecule has 0 saturated carbocycles. The number of nitrogens with zero attached hydrogens (tertiary/aromatic N) is 5. The normalized spacial score (nSPS) is 26.1. The molecular formula is C25H39N5O4. The lowest BCUT2D eigenvalue weighted by Gasteiger charge is -2.41. The first-order chi connectivity index (χ1) is 16.4. The number of piperidine rings is 1. The number of ether oxygens (including phenoxy) is 1. The minimum absolute atomic E-state index is 0.0377. The average Bonchev–Trinajstić information content (AvgIpc) is 3.60. The largest absolute Gasteiger partial charge is 0.423 e. The van der Waals surface area contributed by atoms with E-state index in [0.717, 1.165) is 77.7 Å². The van der Waals surface area contributed by atoms with Crippen LogP contribution < -0.4 is 0 Å². The Morgan fingerprint density at radius 1 is 1.03 bits per heavy atom. The van der Waals surface area contributed by atoms with Crippen LogP contribution in [-0.2, 0) is 14.3 Å². The standard InChI is InChI=1S/C25H39N5O4/c1-18(2)22-26-27-23(34-22)20-15-25(17-30(20)16-21(31)28-9-3-4-10-28)7-11-29(12-8-25)24(32)19-5-13-33-14-6-19/h18-20H,3-17H2,1-2H3. The van der Waals surface area contributed by atoms with Gasteiger partial charge in [-0.1, -0.05) is 13.8 Å². The number of likely N-dealkylation sites (tertiary alicyclic amines) is 3. The van der Waals surface area contributed by atoms with E-state index < -0.39 is 0 Å². The zero-order chi connectivity index (χ0) is 23.7. The van der Waals surface area contributed by atoms with Crippen molar-refractivity contribution in [3.63, 3.8) is 0 Å². The smallest absolute Gasteiger partial charge is 0.236 e. The van der Waals surface area contributed by atoms with Crippen LogP contribution in [0.1, 0.15) is 82.5 Å². The van der Waals surface area contributed by atoms with Crippen molar-refractivity contribution in [1.29, 1.82) is 0 Å². The van der Waals surface area contributed by atoms with Crippen molar-refractivity contribution in [3.05, 3.63) is 11.8 Å². The summed E-state index contributed by atoms with van der Waals surface area (Å²) in [6.45, 7) is 10.0. The molecule has 0 aliphatic carbocycles. The fourth-order valence-electron chi connectivity index (χ4n) is 6.18. The van der Waals surface area contributed by atoms with Crippen molar-refractivity contribution in [2.75, 3.05) is 52.5 Å². The van der Waals surface area contributed by atoms with Crippen molar-refractivity contribution in [1.82, 2.24) is 24.9 Å². The van der Waals surface area contributed by atoms with Crippen molar-refractivity contribution in [2.24, 2.45) is 11.3 Å². The van der Waals surface area contributed by atoms with Crippen LogP contribution in [0.3, 0.4) is 0 Å². The number of amides is 2. The second-order valence-corrected chi connectivity index (χ2v) is 11.1. The topological polar surface area (TPSA) is 92.0 Å². The summed E-state index contributed by atoms with van der Waals surface area (Å²) in [5, 5.41) is 8.67.